The first-order valence-electron chi connectivity index (χ1n) is 8.69. The molecule has 0 aromatic carbocycles. The quantitative estimate of drug-likeness (QED) is 0.197. The molecule has 1 unspecified atom stereocenters. The molecule has 130 valence electrons. The lowest BCUT2D eigenvalue weighted by atomic mass is 10.0. The van der Waals surface area contributed by atoms with Crippen LogP contribution in [0.5, 0.6) is 0 Å². The Kier molecular flexibility index (Phi) is 13.4. The summed E-state index contributed by atoms with van der Waals surface area (Å²) < 4.78 is 17.1. The standard InChI is InChI=1S/C17H33NO4/c1-5-9-10-11-12-13-14-16(18-15-19)17(20-6-2,21-7-3)22-8-4/h16H,5-14H2,1-4H3. The molecular formula is C17H33NO4. The molecule has 0 heterocycles. The number of rotatable bonds is 15. The van der Waals surface area contributed by atoms with Crippen LogP contribution in [0.2, 0.25) is 0 Å². The van der Waals surface area contributed by atoms with Gasteiger partial charge >= 0.3 is 5.97 Å². The highest BCUT2D eigenvalue weighted by Crippen LogP contribution is 2.27. The van der Waals surface area contributed by atoms with Crippen molar-refractivity contribution in [3.63, 3.8) is 0 Å². The van der Waals surface area contributed by atoms with Crippen molar-refractivity contribution in [2.24, 2.45) is 4.99 Å². The van der Waals surface area contributed by atoms with Crippen molar-refractivity contribution in [1.29, 1.82) is 0 Å². The molecule has 0 fully saturated rings. The second kappa shape index (κ2) is 13.9. The van der Waals surface area contributed by atoms with Crippen LogP contribution in [-0.4, -0.2) is 37.9 Å². The highest BCUT2D eigenvalue weighted by Gasteiger charge is 2.42. The molecule has 5 nitrogen and oxygen atoms in total. The molecule has 0 saturated heterocycles. The average Bonchev–Trinajstić information content (AvgIpc) is 2.50. The summed E-state index contributed by atoms with van der Waals surface area (Å²) >= 11 is 0. The molecule has 0 saturated carbocycles. The van der Waals surface area contributed by atoms with Gasteiger partial charge in [0.25, 0.3) is 0 Å². The van der Waals surface area contributed by atoms with Crippen LogP contribution in [0.4, 0.5) is 0 Å². The zero-order valence-corrected chi connectivity index (χ0v) is 14.7. The topological polar surface area (TPSA) is 57.1 Å². The highest BCUT2D eigenvalue weighted by atomic mass is 16.9. The summed E-state index contributed by atoms with van der Waals surface area (Å²) in [7, 11) is 0. The lowest BCUT2D eigenvalue weighted by Gasteiger charge is -2.36. The minimum absolute atomic E-state index is 0.432. The lowest BCUT2D eigenvalue weighted by Crippen LogP contribution is -2.49. The van der Waals surface area contributed by atoms with Crippen LogP contribution in [0.1, 0.15) is 72.6 Å². The Balaban J connectivity index is 4.70. The number of nitrogens with zero attached hydrogens (tertiary/aromatic N) is 1. The maximum absolute atomic E-state index is 10.8. The van der Waals surface area contributed by atoms with Gasteiger partial charge in [0.2, 0.25) is 6.08 Å². The summed E-state index contributed by atoms with van der Waals surface area (Å²) in [6.45, 7) is 9.12. The Labute approximate surface area is 135 Å². The monoisotopic (exact) mass is 315 g/mol. The number of ether oxygens (including phenoxy) is 3. The van der Waals surface area contributed by atoms with Gasteiger partial charge in [0.1, 0.15) is 6.04 Å². The van der Waals surface area contributed by atoms with Gasteiger partial charge in [-0.25, -0.2) is 4.79 Å². The summed E-state index contributed by atoms with van der Waals surface area (Å²) in [6.07, 6.45) is 9.39. The molecule has 22 heavy (non-hydrogen) atoms. The maximum Gasteiger partial charge on any atom is 0.307 e. The van der Waals surface area contributed by atoms with Crippen molar-refractivity contribution >= 4 is 6.08 Å². The molecule has 0 spiro atoms. The van der Waals surface area contributed by atoms with Gasteiger partial charge in [-0.2, -0.15) is 4.99 Å². The summed E-state index contributed by atoms with van der Waals surface area (Å²) in [6, 6.07) is -0.476. The van der Waals surface area contributed by atoms with E-state index in [-0.39, 0.29) is 0 Å². The van der Waals surface area contributed by atoms with Gasteiger partial charge in [-0.1, -0.05) is 45.4 Å². The predicted octanol–water partition coefficient (Wildman–Crippen LogP) is 4.20. The van der Waals surface area contributed by atoms with Crippen molar-refractivity contribution in [2.75, 3.05) is 19.8 Å². The third-order valence-corrected chi connectivity index (χ3v) is 3.48. The van der Waals surface area contributed by atoms with Crippen molar-refractivity contribution in [1.82, 2.24) is 0 Å². The first-order chi connectivity index (χ1) is 10.7. The first-order valence-corrected chi connectivity index (χ1v) is 8.69. The number of isocyanates is 1. The van der Waals surface area contributed by atoms with Crippen molar-refractivity contribution < 1.29 is 19.0 Å². The minimum atomic E-state index is -1.26. The van der Waals surface area contributed by atoms with Gasteiger partial charge in [-0.3, -0.25) is 0 Å². The third-order valence-electron chi connectivity index (χ3n) is 3.48. The van der Waals surface area contributed by atoms with E-state index < -0.39 is 12.0 Å². The molecule has 0 radical (unpaired) electrons. The largest absolute Gasteiger partial charge is 0.326 e. The molecule has 0 rings (SSSR count). The van der Waals surface area contributed by atoms with Gasteiger partial charge in [-0.05, 0) is 27.2 Å². The number of aliphatic imine (C=N–C) groups is 1. The van der Waals surface area contributed by atoms with E-state index in [1.165, 1.54) is 25.7 Å². The average molecular weight is 315 g/mol. The van der Waals surface area contributed by atoms with E-state index in [4.69, 9.17) is 14.2 Å². The van der Waals surface area contributed by atoms with Crippen LogP contribution in [0.25, 0.3) is 0 Å². The fraction of sp³-hybridized carbons (Fsp3) is 0.941. The second-order valence-corrected chi connectivity index (χ2v) is 5.20. The van der Waals surface area contributed by atoms with E-state index in [9.17, 15) is 4.79 Å². The molecule has 0 amide bonds. The van der Waals surface area contributed by atoms with E-state index in [0.717, 1.165) is 12.8 Å². The van der Waals surface area contributed by atoms with Crippen molar-refractivity contribution in [3.05, 3.63) is 0 Å². The van der Waals surface area contributed by atoms with Crippen LogP contribution < -0.4 is 0 Å². The fourth-order valence-electron chi connectivity index (χ4n) is 2.52. The molecule has 0 aromatic rings. The van der Waals surface area contributed by atoms with E-state index in [1.54, 1.807) is 6.08 Å². The number of hydrogen-bond acceptors (Lipinski definition) is 5. The second-order valence-electron chi connectivity index (χ2n) is 5.20. The molecule has 0 aliphatic carbocycles. The molecule has 0 N–H and O–H groups in total. The zero-order valence-electron chi connectivity index (χ0n) is 14.7. The minimum Gasteiger partial charge on any atom is -0.326 e. The van der Waals surface area contributed by atoms with Gasteiger partial charge in [0.05, 0.1) is 0 Å². The number of carbonyl (C=O) groups excluding carboxylic acids is 1. The summed E-state index contributed by atoms with van der Waals surface area (Å²) in [4.78, 5) is 14.7. The Bertz CT molecular complexity index is 286. The predicted molar refractivity (Wildman–Crippen MR) is 87.5 cm³/mol. The van der Waals surface area contributed by atoms with Gasteiger partial charge in [0.15, 0.2) is 0 Å². The lowest BCUT2D eigenvalue weighted by molar-refractivity contribution is -0.386. The van der Waals surface area contributed by atoms with Crippen LogP contribution in [0, 0.1) is 0 Å². The van der Waals surface area contributed by atoms with Crippen LogP contribution in [0.3, 0.4) is 0 Å². The molecule has 0 aliphatic rings. The highest BCUT2D eigenvalue weighted by molar-refractivity contribution is 5.33. The smallest absolute Gasteiger partial charge is 0.307 e. The van der Waals surface area contributed by atoms with Gasteiger partial charge in [0, 0.05) is 19.8 Å². The van der Waals surface area contributed by atoms with E-state index in [0.29, 0.717) is 26.2 Å². The SMILES string of the molecule is CCCCCCCCC(N=C=O)C(OCC)(OCC)OCC. The molecule has 5 heteroatoms. The normalized spacial score (nSPS) is 12.9. The van der Waals surface area contributed by atoms with Crippen LogP contribution in [0.15, 0.2) is 4.99 Å². The Morgan fingerprint density at radius 2 is 1.36 bits per heavy atom. The number of unbranched alkanes of at least 4 members (excludes halogenated alkanes) is 5. The van der Waals surface area contributed by atoms with Crippen LogP contribution in [-0.2, 0) is 19.0 Å². The van der Waals surface area contributed by atoms with E-state index in [1.807, 2.05) is 20.8 Å². The Morgan fingerprint density at radius 3 is 1.82 bits per heavy atom. The molecule has 0 aromatic heterocycles. The van der Waals surface area contributed by atoms with Crippen LogP contribution >= 0.6 is 0 Å². The molecular weight excluding hydrogens is 282 g/mol. The van der Waals surface area contributed by atoms with Gasteiger partial charge in [-0.15, -0.1) is 0 Å². The van der Waals surface area contributed by atoms with Crippen molar-refractivity contribution in [3.8, 4) is 0 Å². The molecule has 0 bridgehead atoms. The van der Waals surface area contributed by atoms with Gasteiger partial charge < -0.3 is 14.2 Å². The zero-order chi connectivity index (χ0) is 16.7. The molecule has 0 aliphatic heterocycles. The third kappa shape index (κ3) is 8.04. The Morgan fingerprint density at radius 1 is 0.864 bits per heavy atom. The maximum atomic E-state index is 10.8. The number of hydrogen-bond donors (Lipinski definition) is 0. The summed E-state index contributed by atoms with van der Waals surface area (Å²) in [5, 5.41) is 0. The van der Waals surface area contributed by atoms with E-state index >= 15 is 0 Å². The summed E-state index contributed by atoms with van der Waals surface area (Å²) in [5.74, 6) is -1.26. The van der Waals surface area contributed by atoms with Crippen molar-refractivity contribution in [2.45, 2.75) is 84.7 Å². The molecule has 1 atom stereocenters. The Hall–Kier alpha value is -0.740. The first kappa shape index (κ1) is 21.3. The fourth-order valence-corrected chi connectivity index (χ4v) is 2.52. The van der Waals surface area contributed by atoms with E-state index in [2.05, 4.69) is 11.9 Å². The summed E-state index contributed by atoms with van der Waals surface area (Å²) in [5.41, 5.74) is 0.